The highest BCUT2D eigenvalue weighted by Gasteiger charge is 2.17. The molecule has 1 atom stereocenters. The number of methoxy groups -OCH3 is 1. The molecule has 1 amide bonds. The monoisotopic (exact) mass is 629 g/mol. The van der Waals surface area contributed by atoms with Crippen LogP contribution in [0.4, 0.5) is 5.69 Å². The van der Waals surface area contributed by atoms with Gasteiger partial charge in [0.2, 0.25) is 5.91 Å². The summed E-state index contributed by atoms with van der Waals surface area (Å²) in [5, 5.41) is 2.88. The van der Waals surface area contributed by atoms with Crippen LogP contribution in [-0.2, 0) is 33.0 Å². The van der Waals surface area contributed by atoms with Gasteiger partial charge in [-0.1, -0.05) is 25.5 Å². The van der Waals surface area contributed by atoms with Crippen LogP contribution in [0.2, 0.25) is 0 Å². The van der Waals surface area contributed by atoms with Crippen molar-refractivity contribution < 1.29 is 23.6 Å². The number of unbranched alkanes of at least 4 members (excludes halogenated alkanes) is 1. The Morgan fingerprint density at radius 3 is 2.44 bits per heavy atom. The van der Waals surface area contributed by atoms with Crippen LogP contribution in [0, 0.1) is 13.8 Å². The Bertz CT molecular complexity index is 1570. The third-order valence-electron chi connectivity index (χ3n) is 7.40. The first-order chi connectivity index (χ1) is 21.8. The number of aryl methyl sites for hydroxylation is 3. The third-order valence-corrected chi connectivity index (χ3v) is 8.73. The average molecular weight is 630 g/mol. The van der Waals surface area contributed by atoms with Gasteiger partial charge in [-0.25, -0.2) is 4.98 Å². The number of benzene rings is 3. The van der Waals surface area contributed by atoms with E-state index in [0.717, 1.165) is 65.4 Å². The lowest BCUT2D eigenvalue weighted by Gasteiger charge is -2.13. The molecule has 4 rings (SSSR count). The molecule has 8 nitrogen and oxygen atoms in total. The fourth-order valence-electron chi connectivity index (χ4n) is 4.90. The Balaban J connectivity index is 1.38. The molecule has 0 bridgehead atoms. The zero-order valence-electron chi connectivity index (χ0n) is 26.8. The molecule has 3 aromatic carbocycles. The lowest BCUT2D eigenvalue weighted by Crippen LogP contribution is -2.11. The van der Waals surface area contributed by atoms with Crippen LogP contribution in [0.3, 0.4) is 0 Å². The summed E-state index contributed by atoms with van der Waals surface area (Å²) >= 11 is -1.23. The van der Waals surface area contributed by atoms with Crippen molar-refractivity contribution in [2.75, 3.05) is 32.2 Å². The second-order valence-corrected chi connectivity index (χ2v) is 12.1. The molecule has 0 aliphatic rings. The summed E-state index contributed by atoms with van der Waals surface area (Å²) in [5.41, 5.74) is 6.26. The van der Waals surface area contributed by atoms with E-state index in [-0.39, 0.29) is 5.91 Å². The quantitative estimate of drug-likeness (QED) is 0.0791. The van der Waals surface area contributed by atoms with Crippen molar-refractivity contribution in [1.82, 2.24) is 9.55 Å². The highest BCUT2D eigenvalue weighted by Crippen LogP contribution is 2.32. The van der Waals surface area contributed by atoms with Crippen molar-refractivity contribution in [3.05, 3.63) is 95.6 Å². The van der Waals surface area contributed by atoms with Crippen LogP contribution in [0.15, 0.2) is 78.0 Å². The molecule has 0 aliphatic heterocycles. The van der Waals surface area contributed by atoms with Crippen LogP contribution in [0.5, 0.6) is 11.5 Å². The van der Waals surface area contributed by atoms with Gasteiger partial charge in [0.1, 0.15) is 18.1 Å². The first kappa shape index (κ1) is 33.8. The number of hydrogen-bond acceptors (Lipinski definition) is 6. The van der Waals surface area contributed by atoms with Gasteiger partial charge in [0.15, 0.2) is 10.6 Å². The van der Waals surface area contributed by atoms with Crippen LogP contribution < -0.4 is 14.8 Å². The molecule has 9 heteroatoms. The molecule has 1 aromatic heterocycles. The number of hydrogen-bond donors (Lipinski definition) is 1. The Morgan fingerprint density at radius 1 is 1.00 bits per heavy atom. The Hall–Kier alpha value is -4.05. The number of rotatable bonds is 16. The van der Waals surface area contributed by atoms with E-state index in [9.17, 15) is 9.35 Å². The lowest BCUT2D eigenvalue weighted by atomic mass is 9.98. The van der Waals surface area contributed by atoms with E-state index in [1.54, 1.807) is 43.8 Å². The van der Waals surface area contributed by atoms with Crippen molar-refractivity contribution in [3.63, 3.8) is 0 Å². The van der Waals surface area contributed by atoms with Gasteiger partial charge in [0, 0.05) is 30.5 Å². The van der Waals surface area contributed by atoms with E-state index < -0.39 is 11.2 Å². The number of imidazole rings is 1. The predicted molar refractivity (Wildman–Crippen MR) is 181 cm³/mol. The van der Waals surface area contributed by atoms with Crippen LogP contribution in [-0.4, -0.2) is 46.9 Å². The molecule has 0 saturated heterocycles. The normalized spacial score (nSPS) is 12.0. The summed E-state index contributed by atoms with van der Waals surface area (Å²) in [4.78, 5) is 17.9. The fraction of sp³-hybridized carbons (Fsp3) is 0.333. The van der Waals surface area contributed by atoms with E-state index in [0.29, 0.717) is 35.3 Å². The van der Waals surface area contributed by atoms with Crippen molar-refractivity contribution in [2.45, 2.75) is 57.7 Å². The number of aromatic nitrogens is 2. The zero-order chi connectivity index (χ0) is 32.2. The van der Waals surface area contributed by atoms with Gasteiger partial charge in [-0.15, -0.1) is 0 Å². The number of anilines is 1. The molecule has 0 spiro atoms. The second-order valence-electron chi connectivity index (χ2n) is 10.7. The smallest absolute Gasteiger partial charge is 0.248 e. The standard InChI is InChI=1S/C36H43N3O5S/c1-6-8-19-43-20-21-44-32-14-9-28(10-15-32)30-22-26(3)36(42-5)29(23-30)11-18-35(40)38-31-12-16-33(17-13-31)45(41)24-34-27(4)37-25-39(34)7-2/h9-18,22-23,25H,6-8,19-21,24H2,1-5H3,(H,38,40)/b18-11+/t45-/m0/s1. The Morgan fingerprint density at radius 2 is 1.76 bits per heavy atom. The highest BCUT2D eigenvalue weighted by atomic mass is 32.2. The maximum absolute atomic E-state index is 13.0. The third kappa shape index (κ3) is 9.47. The van der Waals surface area contributed by atoms with Gasteiger partial charge in [0.05, 0.1) is 31.4 Å². The Kier molecular flexibility index (Phi) is 12.7. The lowest BCUT2D eigenvalue weighted by molar-refractivity contribution is -0.111. The van der Waals surface area contributed by atoms with E-state index in [1.165, 1.54) is 6.08 Å². The van der Waals surface area contributed by atoms with Gasteiger partial charge in [-0.3, -0.25) is 4.79 Å². The average Bonchev–Trinajstić information content (AvgIpc) is 3.40. The van der Waals surface area contributed by atoms with E-state index >= 15 is 0 Å². The molecule has 0 radical (unpaired) electrons. The molecule has 1 N–H and O–H groups in total. The first-order valence-corrected chi connectivity index (χ1v) is 16.6. The molecular weight excluding hydrogens is 586 g/mol. The second kappa shape index (κ2) is 16.9. The molecule has 45 heavy (non-hydrogen) atoms. The summed E-state index contributed by atoms with van der Waals surface area (Å²) in [5.74, 6) is 1.60. The van der Waals surface area contributed by atoms with Gasteiger partial charge in [-0.05, 0) is 110 Å². The largest absolute Gasteiger partial charge is 0.611 e. The van der Waals surface area contributed by atoms with E-state index in [2.05, 4.69) is 23.3 Å². The van der Waals surface area contributed by atoms with Crippen LogP contribution in [0.1, 0.15) is 49.2 Å². The number of ether oxygens (including phenoxy) is 3. The van der Waals surface area contributed by atoms with Crippen molar-refractivity contribution in [2.24, 2.45) is 0 Å². The summed E-state index contributed by atoms with van der Waals surface area (Å²) in [6.07, 6.45) is 7.20. The minimum absolute atomic E-state index is 0.281. The number of carbonyl (C=O) groups is 1. The van der Waals surface area contributed by atoms with Crippen molar-refractivity contribution in [1.29, 1.82) is 0 Å². The number of carbonyl (C=O) groups excluding carboxylic acids is 1. The Labute approximate surface area is 269 Å². The van der Waals surface area contributed by atoms with Crippen LogP contribution in [0.25, 0.3) is 17.2 Å². The molecule has 0 fully saturated rings. The molecule has 4 aromatic rings. The summed E-state index contributed by atoms with van der Waals surface area (Å²) in [7, 11) is 1.63. The van der Waals surface area contributed by atoms with Crippen molar-refractivity contribution >= 4 is 28.8 Å². The number of amides is 1. The zero-order valence-corrected chi connectivity index (χ0v) is 27.6. The topological polar surface area (TPSA) is 97.7 Å². The number of nitrogens with one attached hydrogen (secondary N) is 1. The summed E-state index contributed by atoms with van der Waals surface area (Å²) < 4.78 is 32.0. The minimum Gasteiger partial charge on any atom is -0.611 e. The predicted octanol–water partition coefficient (Wildman–Crippen LogP) is 7.35. The maximum Gasteiger partial charge on any atom is 0.248 e. The molecule has 1 heterocycles. The fourth-order valence-corrected chi connectivity index (χ4v) is 6.13. The first-order valence-electron chi connectivity index (χ1n) is 15.3. The van der Waals surface area contributed by atoms with Gasteiger partial charge >= 0.3 is 0 Å². The maximum atomic E-state index is 13.0. The molecule has 0 unspecified atom stereocenters. The molecular formula is C36H43N3O5S. The van der Waals surface area contributed by atoms with Crippen molar-refractivity contribution in [3.8, 4) is 22.6 Å². The molecule has 0 saturated carbocycles. The summed E-state index contributed by atoms with van der Waals surface area (Å²) in [6.45, 7) is 10.7. The van der Waals surface area contributed by atoms with Gasteiger partial charge < -0.3 is 28.6 Å². The highest BCUT2D eigenvalue weighted by molar-refractivity contribution is 7.90. The molecule has 0 aliphatic carbocycles. The van der Waals surface area contributed by atoms with E-state index in [1.807, 2.05) is 55.7 Å². The minimum atomic E-state index is -1.23. The number of nitrogens with zero attached hydrogens (tertiary/aromatic N) is 2. The van der Waals surface area contributed by atoms with Gasteiger partial charge in [-0.2, -0.15) is 0 Å². The molecule has 238 valence electrons. The summed E-state index contributed by atoms with van der Waals surface area (Å²) in [6, 6.07) is 19.1. The van der Waals surface area contributed by atoms with Crippen LogP contribution >= 0.6 is 0 Å². The SMILES string of the molecule is CCCCOCCOc1ccc(-c2cc(C)c(OC)c(/C=C/C(=O)Nc3ccc([S@@+]([O-])Cc4c(C)ncn4CC)cc3)c2)cc1. The van der Waals surface area contributed by atoms with E-state index in [4.69, 9.17) is 14.2 Å². The van der Waals surface area contributed by atoms with Gasteiger partial charge in [0.25, 0.3) is 0 Å².